The third kappa shape index (κ3) is 12.4. The van der Waals surface area contributed by atoms with Crippen molar-refractivity contribution in [2.24, 2.45) is 0 Å². The van der Waals surface area contributed by atoms with Gasteiger partial charge in [0.2, 0.25) is 0 Å². The minimum absolute atomic E-state index is 0.0293. The van der Waals surface area contributed by atoms with Crippen molar-refractivity contribution in [3.8, 4) is 0 Å². The molecule has 0 spiro atoms. The summed E-state index contributed by atoms with van der Waals surface area (Å²) in [6, 6.07) is 0. The van der Waals surface area contributed by atoms with Gasteiger partial charge < -0.3 is 4.89 Å². The molecule has 0 aromatic rings. The first-order valence-corrected chi connectivity index (χ1v) is 8.67. The minimum atomic E-state index is 0.0293. The first kappa shape index (κ1) is 20.3. The van der Waals surface area contributed by atoms with Gasteiger partial charge in [0.25, 0.3) is 0 Å². The Hall–Kier alpha value is -0.700. The zero-order valence-corrected chi connectivity index (χ0v) is 14.1. The van der Waals surface area contributed by atoms with Gasteiger partial charge in [0, 0.05) is 21.5 Å². The average molecular weight is 334 g/mol. The van der Waals surface area contributed by atoms with Crippen LogP contribution in [0.5, 0.6) is 0 Å². The van der Waals surface area contributed by atoms with Gasteiger partial charge in [-0.05, 0) is 29.3 Å². The molecule has 0 unspecified atom stereocenters. The normalized spacial score (nSPS) is 15.7. The fraction of sp³-hybridized carbons (Fsp3) is 0.875. The molecule has 1 aliphatic rings. The Kier molecular flexibility index (Phi) is 13.1. The van der Waals surface area contributed by atoms with Crippen LogP contribution in [-0.4, -0.2) is 6.10 Å². The van der Waals surface area contributed by atoms with E-state index in [1.165, 1.54) is 32.1 Å². The topological polar surface area (TPSA) is 64.6 Å². The molecule has 0 amide bonds. The van der Waals surface area contributed by atoms with Gasteiger partial charge in [0.15, 0.2) is 0 Å². The molecule has 1 fully saturated rings. The van der Waals surface area contributed by atoms with E-state index in [0.717, 1.165) is 38.5 Å². The van der Waals surface area contributed by atoms with Crippen molar-refractivity contribution in [3.05, 3.63) is 12.3 Å². The lowest BCUT2D eigenvalue weighted by atomic mass is 9.98. The monoisotopic (exact) mass is 334 g/mol. The quantitative estimate of drug-likeness (QED) is 0.177. The van der Waals surface area contributed by atoms with Crippen molar-refractivity contribution in [2.45, 2.75) is 90.1 Å². The Morgan fingerprint density at radius 2 is 1.48 bits per heavy atom. The summed E-state index contributed by atoms with van der Waals surface area (Å²) in [5.74, 6) is 0.462. The van der Waals surface area contributed by atoms with E-state index in [-0.39, 0.29) is 6.10 Å². The fourth-order valence-electron chi connectivity index (χ4n) is 2.47. The summed E-state index contributed by atoms with van der Waals surface area (Å²) >= 11 is 0. The van der Waals surface area contributed by atoms with E-state index in [1.54, 1.807) is 0 Å². The maximum atomic E-state index is 4.96. The highest BCUT2D eigenvalue weighted by Crippen LogP contribution is 2.20. The molecule has 136 valence electrons. The molecule has 0 atom stereocenters. The summed E-state index contributed by atoms with van der Waals surface area (Å²) in [5, 5.41) is 21.1. The second-order valence-electron chi connectivity index (χ2n) is 5.84. The van der Waals surface area contributed by atoms with Crippen molar-refractivity contribution in [3.63, 3.8) is 0 Å². The van der Waals surface area contributed by atoms with E-state index in [4.69, 9.17) is 9.78 Å². The molecule has 0 N–H and O–H groups in total. The van der Waals surface area contributed by atoms with Gasteiger partial charge in [-0.3, -0.25) is 0 Å². The van der Waals surface area contributed by atoms with Crippen LogP contribution in [0, 0.1) is 0 Å². The van der Waals surface area contributed by atoms with Crippen molar-refractivity contribution in [1.29, 1.82) is 0 Å². The molecular formula is C16H30O7. The van der Waals surface area contributed by atoms with E-state index in [1.807, 2.05) is 0 Å². The highest BCUT2D eigenvalue weighted by atomic mass is 17.9. The number of rotatable bonds is 15. The summed E-state index contributed by atoms with van der Waals surface area (Å²) in [7, 11) is 0. The molecular weight excluding hydrogens is 304 g/mol. The van der Waals surface area contributed by atoms with Crippen molar-refractivity contribution in [1.82, 2.24) is 0 Å². The molecule has 1 aliphatic carbocycles. The molecule has 0 bridgehead atoms. The van der Waals surface area contributed by atoms with Gasteiger partial charge in [0.1, 0.15) is 5.76 Å². The molecule has 0 aromatic heterocycles. The Balaban J connectivity index is 1.78. The second-order valence-corrected chi connectivity index (χ2v) is 5.84. The molecule has 7 nitrogen and oxygen atoms in total. The van der Waals surface area contributed by atoms with Crippen LogP contribution in [0.25, 0.3) is 0 Å². The van der Waals surface area contributed by atoms with Crippen molar-refractivity contribution < 1.29 is 35.0 Å². The summed E-state index contributed by atoms with van der Waals surface area (Å²) in [4.78, 5) is 9.71. The average Bonchev–Trinajstić information content (AvgIpc) is 2.58. The van der Waals surface area contributed by atoms with Gasteiger partial charge in [-0.2, -0.15) is 0 Å². The number of allylic oxidation sites excluding steroid dienone is 1. The SMILES string of the molecule is C=C(CCCCCCCC)OOOOOOOC1CCCCC1. The predicted molar refractivity (Wildman–Crippen MR) is 81.6 cm³/mol. The van der Waals surface area contributed by atoms with Gasteiger partial charge in [-0.1, -0.05) is 64.9 Å². The summed E-state index contributed by atoms with van der Waals surface area (Å²) < 4.78 is 0. The summed E-state index contributed by atoms with van der Waals surface area (Å²) in [6.07, 6.45) is 13.3. The van der Waals surface area contributed by atoms with E-state index in [9.17, 15) is 0 Å². The standard InChI is InChI=1S/C16H30O7/c1-3-4-5-6-7-9-12-15(2)17-19-21-23-22-20-18-16-13-10-8-11-14-16/h16H,2-14H2,1H3. The second kappa shape index (κ2) is 14.9. The lowest BCUT2D eigenvalue weighted by Gasteiger charge is -2.18. The third-order valence-corrected chi connectivity index (χ3v) is 3.80. The number of hydrogen-bond donors (Lipinski definition) is 0. The lowest BCUT2D eigenvalue weighted by Crippen LogP contribution is -2.17. The zero-order valence-electron chi connectivity index (χ0n) is 14.1. The maximum Gasteiger partial charge on any atom is 0.138 e. The molecule has 0 aliphatic heterocycles. The maximum absolute atomic E-state index is 4.96. The molecule has 1 rings (SSSR count). The molecule has 1 saturated carbocycles. The molecule has 0 heterocycles. The molecule has 23 heavy (non-hydrogen) atoms. The van der Waals surface area contributed by atoms with Crippen LogP contribution >= 0.6 is 0 Å². The number of unbranched alkanes of at least 4 members (excludes halogenated alkanes) is 5. The van der Waals surface area contributed by atoms with Crippen LogP contribution in [0.1, 0.15) is 84.0 Å². The van der Waals surface area contributed by atoms with Crippen LogP contribution in [0.2, 0.25) is 0 Å². The first-order valence-electron chi connectivity index (χ1n) is 8.67. The van der Waals surface area contributed by atoms with Crippen LogP contribution in [0.15, 0.2) is 12.3 Å². The predicted octanol–water partition coefficient (Wildman–Crippen LogP) is 5.19. The minimum Gasteiger partial charge on any atom is -0.311 e. The Bertz CT molecular complexity index is 280. The van der Waals surface area contributed by atoms with Crippen molar-refractivity contribution >= 4 is 0 Å². The molecule has 7 heteroatoms. The molecule has 0 radical (unpaired) electrons. The highest BCUT2D eigenvalue weighted by Gasteiger charge is 2.15. The van der Waals surface area contributed by atoms with Gasteiger partial charge in [-0.15, -0.1) is 0 Å². The smallest absolute Gasteiger partial charge is 0.138 e. The Morgan fingerprint density at radius 3 is 2.26 bits per heavy atom. The summed E-state index contributed by atoms with van der Waals surface area (Å²) in [6.45, 7) is 5.90. The molecule has 0 aromatic carbocycles. The van der Waals surface area contributed by atoms with E-state index < -0.39 is 0 Å². The Morgan fingerprint density at radius 1 is 0.826 bits per heavy atom. The fourth-order valence-corrected chi connectivity index (χ4v) is 2.47. The van der Waals surface area contributed by atoms with E-state index >= 15 is 0 Å². The largest absolute Gasteiger partial charge is 0.311 e. The molecule has 0 saturated heterocycles. The highest BCUT2D eigenvalue weighted by molar-refractivity contribution is 4.79. The van der Waals surface area contributed by atoms with Crippen LogP contribution in [0.4, 0.5) is 0 Å². The van der Waals surface area contributed by atoms with Gasteiger partial charge in [0.05, 0.1) is 6.10 Å². The van der Waals surface area contributed by atoms with Crippen LogP contribution in [0.3, 0.4) is 0 Å². The Labute approximate surface area is 138 Å². The van der Waals surface area contributed by atoms with Gasteiger partial charge in [-0.25, -0.2) is 4.89 Å². The zero-order chi connectivity index (χ0) is 16.6. The van der Waals surface area contributed by atoms with E-state index in [0.29, 0.717) is 12.2 Å². The van der Waals surface area contributed by atoms with E-state index in [2.05, 4.69) is 38.7 Å². The lowest BCUT2D eigenvalue weighted by molar-refractivity contribution is -0.789. The summed E-state index contributed by atoms with van der Waals surface area (Å²) in [5.41, 5.74) is 0. The van der Waals surface area contributed by atoms with Gasteiger partial charge >= 0.3 is 0 Å². The number of hydrogen-bond acceptors (Lipinski definition) is 7. The van der Waals surface area contributed by atoms with Crippen LogP contribution in [-0.2, 0) is 35.0 Å². The van der Waals surface area contributed by atoms with Crippen molar-refractivity contribution in [2.75, 3.05) is 0 Å². The third-order valence-electron chi connectivity index (χ3n) is 3.80. The van der Waals surface area contributed by atoms with Crippen LogP contribution < -0.4 is 0 Å². The first-order chi connectivity index (χ1) is 11.3.